The molecule has 0 aromatic carbocycles. The van der Waals surface area contributed by atoms with Crippen LogP contribution in [0.2, 0.25) is 0 Å². The van der Waals surface area contributed by atoms with Crippen molar-refractivity contribution in [1.29, 1.82) is 0 Å². The fourth-order valence-corrected chi connectivity index (χ4v) is 1.72. The number of carbonyl (C=O) groups excluding carboxylic acids is 1. The monoisotopic (exact) mass is 256 g/mol. The zero-order valence-electron chi connectivity index (χ0n) is 11.0. The van der Waals surface area contributed by atoms with Gasteiger partial charge in [0.2, 0.25) is 0 Å². The highest BCUT2D eigenvalue weighted by Gasteiger charge is 2.17. The van der Waals surface area contributed by atoms with Crippen LogP contribution in [0.4, 0.5) is 11.6 Å². The number of nitrogens with zero attached hydrogens (tertiary/aromatic N) is 3. The van der Waals surface area contributed by atoms with Crippen LogP contribution in [0.15, 0.2) is 42.7 Å². The smallest absolute Gasteiger partial charge is 0.262 e. The van der Waals surface area contributed by atoms with Crippen molar-refractivity contribution in [1.82, 2.24) is 9.97 Å². The molecule has 0 aliphatic carbocycles. The molecule has 98 valence electrons. The van der Waals surface area contributed by atoms with Crippen LogP contribution in [0.25, 0.3) is 0 Å². The van der Waals surface area contributed by atoms with Gasteiger partial charge in [-0.15, -0.1) is 0 Å². The van der Waals surface area contributed by atoms with Gasteiger partial charge in [0.1, 0.15) is 11.6 Å². The van der Waals surface area contributed by atoms with Gasteiger partial charge in [0.15, 0.2) is 0 Å². The van der Waals surface area contributed by atoms with Gasteiger partial charge in [-0.25, -0.2) is 9.97 Å². The average Bonchev–Trinajstić information content (AvgIpc) is 2.47. The maximum absolute atomic E-state index is 12.4. The van der Waals surface area contributed by atoms with Crippen LogP contribution in [0.1, 0.15) is 17.3 Å². The summed E-state index contributed by atoms with van der Waals surface area (Å²) in [7, 11) is 1.70. The lowest BCUT2D eigenvalue weighted by Crippen LogP contribution is -2.28. The quantitative estimate of drug-likeness (QED) is 0.911. The molecule has 0 fully saturated rings. The molecule has 0 unspecified atom stereocenters. The second-order valence-electron chi connectivity index (χ2n) is 3.98. The largest absolute Gasteiger partial charge is 0.370 e. The highest BCUT2D eigenvalue weighted by atomic mass is 16.2. The van der Waals surface area contributed by atoms with E-state index in [0.717, 1.165) is 0 Å². The fraction of sp³-hybridized carbons (Fsp3) is 0.214. The zero-order chi connectivity index (χ0) is 13.7. The van der Waals surface area contributed by atoms with Gasteiger partial charge in [0, 0.05) is 26.0 Å². The lowest BCUT2D eigenvalue weighted by Gasteiger charge is -2.17. The molecule has 0 saturated heterocycles. The van der Waals surface area contributed by atoms with Crippen molar-refractivity contribution in [3.8, 4) is 0 Å². The van der Waals surface area contributed by atoms with Gasteiger partial charge >= 0.3 is 0 Å². The van der Waals surface area contributed by atoms with Crippen molar-refractivity contribution < 1.29 is 4.79 Å². The van der Waals surface area contributed by atoms with Crippen LogP contribution in [-0.4, -0.2) is 29.5 Å². The van der Waals surface area contributed by atoms with Crippen LogP contribution in [0.3, 0.4) is 0 Å². The van der Waals surface area contributed by atoms with E-state index < -0.39 is 0 Å². The molecular formula is C14H16N4O. The SMILES string of the molecule is CCNc1ncccc1C(=O)N(C)c1ccccn1. The first kappa shape index (κ1) is 13.0. The molecule has 19 heavy (non-hydrogen) atoms. The van der Waals surface area contributed by atoms with E-state index in [1.807, 2.05) is 19.1 Å². The standard InChI is InChI=1S/C14H16N4O/c1-3-15-13-11(7-6-10-17-13)14(19)18(2)12-8-4-5-9-16-12/h4-10H,3H2,1-2H3,(H,15,17). The summed E-state index contributed by atoms with van der Waals surface area (Å²) in [5.41, 5.74) is 0.539. The molecule has 5 nitrogen and oxygen atoms in total. The van der Waals surface area contributed by atoms with Gasteiger partial charge in [-0.05, 0) is 31.2 Å². The Morgan fingerprint density at radius 3 is 2.68 bits per heavy atom. The van der Waals surface area contributed by atoms with Gasteiger partial charge in [-0.2, -0.15) is 0 Å². The summed E-state index contributed by atoms with van der Waals surface area (Å²) in [5.74, 6) is 1.07. The Labute approximate surface area is 112 Å². The van der Waals surface area contributed by atoms with Gasteiger partial charge in [0.05, 0.1) is 5.56 Å². The first-order valence-corrected chi connectivity index (χ1v) is 6.12. The average molecular weight is 256 g/mol. The molecule has 1 N–H and O–H groups in total. The number of amides is 1. The van der Waals surface area contributed by atoms with Crippen LogP contribution in [0, 0.1) is 0 Å². The number of carbonyl (C=O) groups is 1. The van der Waals surface area contributed by atoms with Crippen LogP contribution < -0.4 is 10.2 Å². The highest BCUT2D eigenvalue weighted by molar-refractivity contribution is 6.08. The van der Waals surface area contributed by atoms with Crippen LogP contribution in [0.5, 0.6) is 0 Å². The van der Waals surface area contributed by atoms with E-state index in [1.165, 1.54) is 4.90 Å². The number of nitrogens with one attached hydrogen (secondary N) is 1. The van der Waals surface area contributed by atoms with Crippen molar-refractivity contribution in [2.75, 3.05) is 23.8 Å². The summed E-state index contributed by atoms with van der Waals surface area (Å²) in [6.45, 7) is 2.68. The Hall–Kier alpha value is -2.43. The predicted molar refractivity (Wildman–Crippen MR) is 75.4 cm³/mol. The summed E-state index contributed by atoms with van der Waals surface area (Å²) in [6, 6.07) is 8.96. The second-order valence-corrected chi connectivity index (χ2v) is 3.98. The molecule has 0 saturated carbocycles. The van der Waals surface area contributed by atoms with Gasteiger partial charge in [-0.1, -0.05) is 6.07 Å². The summed E-state index contributed by atoms with van der Waals surface area (Å²) in [5, 5.41) is 3.08. The molecule has 0 bridgehead atoms. The highest BCUT2D eigenvalue weighted by Crippen LogP contribution is 2.17. The molecule has 5 heteroatoms. The molecule has 2 aromatic heterocycles. The van der Waals surface area contributed by atoms with Gasteiger partial charge in [0.25, 0.3) is 5.91 Å². The number of anilines is 2. The van der Waals surface area contributed by atoms with E-state index in [4.69, 9.17) is 0 Å². The van der Waals surface area contributed by atoms with E-state index in [-0.39, 0.29) is 5.91 Å². The molecule has 0 radical (unpaired) electrons. The number of hydrogen-bond donors (Lipinski definition) is 1. The summed E-state index contributed by atoms with van der Waals surface area (Å²) >= 11 is 0. The minimum absolute atomic E-state index is 0.136. The predicted octanol–water partition coefficient (Wildman–Crippen LogP) is 2.18. The van der Waals surface area contributed by atoms with Crippen molar-refractivity contribution in [2.45, 2.75) is 6.92 Å². The third-order valence-electron chi connectivity index (χ3n) is 2.68. The Morgan fingerprint density at radius 1 is 1.21 bits per heavy atom. The minimum Gasteiger partial charge on any atom is -0.370 e. The van der Waals surface area contributed by atoms with Gasteiger partial charge in [-0.3, -0.25) is 9.69 Å². The Balaban J connectivity index is 2.29. The normalized spacial score (nSPS) is 10.0. The van der Waals surface area contributed by atoms with Gasteiger partial charge < -0.3 is 5.32 Å². The number of hydrogen-bond acceptors (Lipinski definition) is 4. The maximum Gasteiger partial charge on any atom is 0.262 e. The third-order valence-corrected chi connectivity index (χ3v) is 2.68. The minimum atomic E-state index is -0.136. The molecule has 2 rings (SSSR count). The lowest BCUT2D eigenvalue weighted by atomic mass is 10.2. The van der Waals surface area contributed by atoms with E-state index in [0.29, 0.717) is 23.7 Å². The molecule has 0 atom stereocenters. The van der Waals surface area contributed by atoms with Crippen LogP contribution >= 0.6 is 0 Å². The maximum atomic E-state index is 12.4. The molecular weight excluding hydrogens is 240 g/mol. The third kappa shape index (κ3) is 2.88. The molecule has 1 amide bonds. The van der Waals surface area contributed by atoms with Crippen LogP contribution in [-0.2, 0) is 0 Å². The molecule has 0 aliphatic rings. The van der Waals surface area contributed by atoms with E-state index in [1.54, 1.807) is 37.6 Å². The zero-order valence-corrected chi connectivity index (χ0v) is 11.0. The first-order valence-electron chi connectivity index (χ1n) is 6.12. The van der Waals surface area contributed by atoms with Crippen molar-refractivity contribution >= 4 is 17.5 Å². The van der Waals surface area contributed by atoms with Crippen molar-refractivity contribution in [3.05, 3.63) is 48.3 Å². The van der Waals surface area contributed by atoms with Crippen molar-refractivity contribution in [2.24, 2.45) is 0 Å². The topological polar surface area (TPSA) is 58.1 Å². The Morgan fingerprint density at radius 2 is 2.00 bits per heavy atom. The number of aromatic nitrogens is 2. The lowest BCUT2D eigenvalue weighted by molar-refractivity contribution is 0.0993. The van der Waals surface area contributed by atoms with E-state index >= 15 is 0 Å². The molecule has 2 heterocycles. The first-order chi connectivity index (χ1) is 9.24. The molecule has 2 aromatic rings. The second kappa shape index (κ2) is 5.95. The molecule has 0 aliphatic heterocycles. The summed E-state index contributed by atoms with van der Waals surface area (Å²) in [4.78, 5) is 22.3. The summed E-state index contributed by atoms with van der Waals surface area (Å²) < 4.78 is 0. The number of pyridine rings is 2. The Bertz CT molecular complexity index is 556. The van der Waals surface area contributed by atoms with E-state index in [2.05, 4.69) is 15.3 Å². The van der Waals surface area contributed by atoms with Crippen molar-refractivity contribution in [3.63, 3.8) is 0 Å². The molecule has 0 spiro atoms. The fourth-order valence-electron chi connectivity index (χ4n) is 1.72. The van der Waals surface area contributed by atoms with E-state index in [9.17, 15) is 4.79 Å². The number of rotatable bonds is 4. The Kier molecular flexibility index (Phi) is 4.07. The summed E-state index contributed by atoms with van der Waals surface area (Å²) in [6.07, 6.45) is 3.32.